The van der Waals surface area contributed by atoms with Crippen LogP contribution in [-0.2, 0) is 16.0 Å². The third-order valence-electron chi connectivity index (χ3n) is 6.84. The predicted molar refractivity (Wildman–Crippen MR) is 112 cm³/mol. The van der Waals surface area contributed by atoms with E-state index in [4.69, 9.17) is 9.47 Å². The Morgan fingerprint density at radius 1 is 1.23 bits per heavy atom. The van der Waals surface area contributed by atoms with Gasteiger partial charge in [0.25, 0.3) is 0 Å². The average molecular weight is 413 g/mol. The van der Waals surface area contributed by atoms with E-state index in [-0.39, 0.29) is 17.8 Å². The quantitative estimate of drug-likeness (QED) is 0.731. The molecule has 2 heterocycles. The molecule has 0 aliphatic carbocycles. The van der Waals surface area contributed by atoms with E-state index in [0.717, 1.165) is 28.0 Å². The van der Waals surface area contributed by atoms with Crippen LogP contribution in [0, 0.1) is 31.5 Å². The van der Waals surface area contributed by atoms with Crippen molar-refractivity contribution < 1.29 is 23.8 Å². The van der Waals surface area contributed by atoms with Gasteiger partial charge in [-0.3, -0.25) is 4.79 Å². The zero-order valence-corrected chi connectivity index (χ0v) is 17.9. The van der Waals surface area contributed by atoms with Gasteiger partial charge in [-0.25, -0.2) is 4.39 Å². The first-order chi connectivity index (χ1) is 14.2. The Morgan fingerprint density at radius 2 is 2.00 bits per heavy atom. The Balaban J connectivity index is 1.65. The molecule has 0 bridgehead atoms. The smallest absolute Gasteiger partial charge is 0.309 e. The maximum atomic E-state index is 13.5. The summed E-state index contributed by atoms with van der Waals surface area (Å²) in [5.41, 5.74) is 3.58. The number of halogens is 1. The van der Waals surface area contributed by atoms with Crippen molar-refractivity contribution >= 4 is 5.97 Å². The van der Waals surface area contributed by atoms with E-state index in [1.807, 2.05) is 19.9 Å². The molecular formula is C25H29FO4. The molecule has 30 heavy (non-hydrogen) atoms. The van der Waals surface area contributed by atoms with Crippen LogP contribution in [0.5, 0.6) is 5.75 Å². The Bertz CT molecular complexity index is 968. The molecule has 4 rings (SSSR count). The standard InChI is InChI=1S/C25H29FO4/c1-14-8-10-18-22(15(14)2)30-25(3,4)20-13-19(24(27)28)21(29-23(18)20)11-9-16-6-5-7-17(26)12-16/h5-8,10,12,19-21,23H,9,11,13H2,1-4H3,(H,27,28)/t19-,20-,21-,23+/m0/s1. The third kappa shape index (κ3) is 3.71. The summed E-state index contributed by atoms with van der Waals surface area (Å²) in [6.07, 6.45) is 0.952. The van der Waals surface area contributed by atoms with E-state index >= 15 is 0 Å². The second kappa shape index (κ2) is 7.69. The highest BCUT2D eigenvalue weighted by Crippen LogP contribution is 2.53. The fourth-order valence-corrected chi connectivity index (χ4v) is 4.91. The topological polar surface area (TPSA) is 55.8 Å². The maximum absolute atomic E-state index is 13.5. The van der Waals surface area contributed by atoms with E-state index in [9.17, 15) is 14.3 Å². The molecule has 1 saturated heterocycles. The summed E-state index contributed by atoms with van der Waals surface area (Å²) in [7, 11) is 0. The lowest BCUT2D eigenvalue weighted by molar-refractivity contribution is -0.188. The molecule has 160 valence electrons. The average Bonchev–Trinajstić information content (AvgIpc) is 2.69. The van der Waals surface area contributed by atoms with Crippen molar-refractivity contribution in [3.05, 3.63) is 64.5 Å². The number of carbonyl (C=O) groups is 1. The zero-order valence-electron chi connectivity index (χ0n) is 17.9. The molecule has 0 radical (unpaired) electrons. The summed E-state index contributed by atoms with van der Waals surface area (Å²) in [4.78, 5) is 12.1. The maximum Gasteiger partial charge on any atom is 0.309 e. The molecule has 1 fully saturated rings. The molecular weight excluding hydrogens is 383 g/mol. The van der Waals surface area contributed by atoms with Crippen LogP contribution in [0.25, 0.3) is 0 Å². The number of hydrogen-bond donors (Lipinski definition) is 1. The molecule has 5 heteroatoms. The summed E-state index contributed by atoms with van der Waals surface area (Å²) >= 11 is 0. The van der Waals surface area contributed by atoms with Crippen LogP contribution in [0.2, 0.25) is 0 Å². The van der Waals surface area contributed by atoms with Crippen LogP contribution in [0.15, 0.2) is 36.4 Å². The third-order valence-corrected chi connectivity index (χ3v) is 6.84. The molecule has 4 atom stereocenters. The monoisotopic (exact) mass is 412 g/mol. The second-order valence-electron chi connectivity index (χ2n) is 9.18. The van der Waals surface area contributed by atoms with E-state index < -0.39 is 23.6 Å². The van der Waals surface area contributed by atoms with Crippen molar-refractivity contribution in [3.63, 3.8) is 0 Å². The normalized spacial score (nSPS) is 27.0. The lowest BCUT2D eigenvalue weighted by Crippen LogP contribution is -2.52. The summed E-state index contributed by atoms with van der Waals surface area (Å²) in [6.45, 7) is 8.15. The van der Waals surface area contributed by atoms with Crippen LogP contribution >= 0.6 is 0 Å². The van der Waals surface area contributed by atoms with Crippen molar-refractivity contribution in [1.29, 1.82) is 0 Å². The zero-order chi connectivity index (χ0) is 21.6. The summed E-state index contributed by atoms with van der Waals surface area (Å²) in [5.74, 6) is -0.939. The largest absolute Gasteiger partial charge is 0.487 e. The Morgan fingerprint density at radius 3 is 2.70 bits per heavy atom. The number of aryl methyl sites for hydroxylation is 2. The van der Waals surface area contributed by atoms with Crippen molar-refractivity contribution in [3.8, 4) is 5.75 Å². The van der Waals surface area contributed by atoms with Gasteiger partial charge in [-0.15, -0.1) is 0 Å². The first-order valence-electron chi connectivity index (χ1n) is 10.6. The SMILES string of the molecule is Cc1ccc2c(c1C)OC(C)(C)[C@H]1C[C@H](C(=O)O)[C@H](CCc3cccc(F)c3)O[C@H]21. The van der Waals surface area contributed by atoms with Crippen LogP contribution in [0.1, 0.15) is 55.0 Å². The number of carboxylic acid groups (broad SMARTS) is 1. The molecule has 2 aliphatic heterocycles. The molecule has 4 nitrogen and oxygen atoms in total. The van der Waals surface area contributed by atoms with Gasteiger partial charge in [0.2, 0.25) is 0 Å². The van der Waals surface area contributed by atoms with Crippen molar-refractivity contribution in [1.82, 2.24) is 0 Å². The Hall–Kier alpha value is -2.40. The Kier molecular flexibility index (Phi) is 5.35. The van der Waals surface area contributed by atoms with Gasteiger partial charge < -0.3 is 14.6 Å². The number of ether oxygens (including phenoxy) is 2. The van der Waals surface area contributed by atoms with Gasteiger partial charge >= 0.3 is 5.97 Å². The number of aliphatic carboxylic acids is 1. The number of benzene rings is 2. The second-order valence-corrected chi connectivity index (χ2v) is 9.18. The fourth-order valence-electron chi connectivity index (χ4n) is 4.91. The number of carboxylic acids is 1. The summed E-state index contributed by atoms with van der Waals surface area (Å²) in [6, 6.07) is 10.6. The van der Waals surface area contributed by atoms with Crippen LogP contribution in [0.4, 0.5) is 4.39 Å². The highest BCUT2D eigenvalue weighted by atomic mass is 19.1. The van der Waals surface area contributed by atoms with Crippen molar-refractivity contribution in [2.75, 3.05) is 0 Å². The fraction of sp³-hybridized carbons (Fsp3) is 0.480. The highest BCUT2D eigenvalue weighted by molar-refractivity contribution is 5.71. The lowest BCUT2D eigenvalue weighted by Gasteiger charge is -2.50. The first-order valence-corrected chi connectivity index (χ1v) is 10.6. The Labute approximate surface area is 177 Å². The van der Waals surface area contributed by atoms with Gasteiger partial charge in [-0.2, -0.15) is 0 Å². The molecule has 0 unspecified atom stereocenters. The lowest BCUT2D eigenvalue weighted by atomic mass is 9.71. The summed E-state index contributed by atoms with van der Waals surface area (Å²) < 4.78 is 26.5. The van der Waals surface area contributed by atoms with E-state index in [1.165, 1.54) is 12.1 Å². The molecule has 0 spiro atoms. The molecule has 2 aliphatic rings. The number of rotatable bonds is 4. The number of fused-ring (bicyclic) bond motifs is 3. The molecule has 0 aromatic heterocycles. The van der Waals surface area contributed by atoms with E-state index in [2.05, 4.69) is 26.0 Å². The van der Waals surface area contributed by atoms with Crippen LogP contribution in [0.3, 0.4) is 0 Å². The van der Waals surface area contributed by atoms with Crippen LogP contribution in [-0.4, -0.2) is 22.8 Å². The van der Waals surface area contributed by atoms with Gasteiger partial charge in [0, 0.05) is 11.5 Å². The molecule has 1 N–H and O–H groups in total. The van der Waals surface area contributed by atoms with E-state index in [0.29, 0.717) is 19.3 Å². The van der Waals surface area contributed by atoms with Crippen LogP contribution < -0.4 is 4.74 Å². The van der Waals surface area contributed by atoms with E-state index in [1.54, 1.807) is 6.07 Å². The molecule has 0 amide bonds. The van der Waals surface area contributed by atoms with Crippen molar-refractivity contribution in [2.45, 2.75) is 64.8 Å². The molecule has 2 aromatic carbocycles. The van der Waals surface area contributed by atoms with Crippen molar-refractivity contribution in [2.24, 2.45) is 11.8 Å². The minimum Gasteiger partial charge on any atom is -0.487 e. The van der Waals surface area contributed by atoms with Gasteiger partial charge in [-0.1, -0.05) is 24.3 Å². The molecule has 2 aromatic rings. The van der Waals surface area contributed by atoms with Gasteiger partial charge in [0.05, 0.1) is 18.1 Å². The first kappa shape index (κ1) is 20.9. The van der Waals surface area contributed by atoms with Gasteiger partial charge in [0.1, 0.15) is 17.2 Å². The highest BCUT2D eigenvalue weighted by Gasteiger charge is 2.52. The number of hydrogen-bond acceptors (Lipinski definition) is 3. The molecule has 0 saturated carbocycles. The summed E-state index contributed by atoms with van der Waals surface area (Å²) in [5, 5.41) is 9.91. The van der Waals surface area contributed by atoms with Gasteiger partial charge in [0.15, 0.2) is 0 Å². The minimum absolute atomic E-state index is 0.0568. The van der Waals surface area contributed by atoms with Gasteiger partial charge in [-0.05, 0) is 75.8 Å². The predicted octanol–water partition coefficient (Wildman–Crippen LogP) is 5.39. The minimum atomic E-state index is -0.848.